The van der Waals surface area contributed by atoms with Crippen LogP contribution in [0.25, 0.3) is 0 Å². The predicted molar refractivity (Wildman–Crippen MR) is 74.7 cm³/mol. The normalized spacial score (nSPS) is 20.7. The van der Waals surface area contributed by atoms with Gasteiger partial charge in [-0.2, -0.15) is 0 Å². The summed E-state index contributed by atoms with van der Waals surface area (Å²) in [6.07, 6.45) is 0. The van der Waals surface area contributed by atoms with E-state index in [0.717, 1.165) is 50.5 Å². The van der Waals surface area contributed by atoms with E-state index in [9.17, 15) is 4.39 Å². The van der Waals surface area contributed by atoms with E-state index in [1.54, 1.807) is 6.07 Å². The van der Waals surface area contributed by atoms with E-state index in [2.05, 4.69) is 17.1 Å². The number of ether oxygens (including phenoxy) is 1. The van der Waals surface area contributed by atoms with Crippen LogP contribution in [0.4, 0.5) is 4.39 Å². The van der Waals surface area contributed by atoms with Gasteiger partial charge in [-0.15, -0.1) is 0 Å². The average molecular weight is 266 g/mol. The number of rotatable bonds is 5. The zero-order valence-corrected chi connectivity index (χ0v) is 11.8. The van der Waals surface area contributed by atoms with Crippen molar-refractivity contribution in [3.63, 3.8) is 0 Å². The molecule has 0 aromatic heterocycles. The SMILES string of the molecule is CCNCC1COCCN1Cc1cc(F)ccc1C. The summed E-state index contributed by atoms with van der Waals surface area (Å²) in [5.74, 6) is -0.155. The highest BCUT2D eigenvalue weighted by Gasteiger charge is 2.23. The van der Waals surface area contributed by atoms with Crippen LogP contribution in [0.3, 0.4) is 0 Å². The van der Waals surface area contributed by atoms with Gasteiger partial charge in [-0.1, -0.05) is 13.0 Å². The number of morpholine rings is 1. The van der Waals surface area contributed by atoms with E-state index >= 15 is 0 Å². The Morgan fingerprint density at radius 1 is 1.47 bits per heavy atom. The summed E-state index contributed by atoms with van der Waals surface area (Å²) >= 11 is 0. The standard InChI is InChI=1S/C15H23FN2O/c1-3-17-9-15-11-19-7-6-18(15)10-13-8-14(16)5-4-12(13)2/h4-5,8,15,17H,3,6-7,9-11H2,1-2H3. The molecule has 19 heavy (non-hydrogen) atoms. The van der Waals surface area contributed by atoms with Crippen molar-refractivity contribution in [1.29, 1.82) is 0 Å². The second-order valence-electron chi connectivity index (χ2n) is 5.08. The van der Waals surface area contributed by atoms with E-state index in [1.807, 2.05) is 13.0 Å². The molecule has 3 nitrogen and oxygen atoms in total. The molecule has 0 bridgehead atoms. The Hall–Kier alpha value is -0.970. The maximum absolute atomic E-state index is 13.3. The number of nitrogens with one attached hydrogen (secondary N) is 1. The van der Waals surface area contributed by atoms with Gasteiger partial charge < -0.3 is 10.1 Å². The lowest BCUT2D eigenvalue weighted by Gasteiger charge is -2.36. The Balaban J connectivity index is 2.04. The molecule has 1 aromatic carbocycles. The average Bonchev–Trinajstić information content (AvgIpc) is 2.42. The van der Waals surface area contributed by atoms with E-state index in [4.69, 9.17) is 4.74 Å². The molecule has 1 atom stereocenters. The summed E-state index contributed by atoms with van der Waals surface area (Å²) < 4.78 is 18.9. The molecule has 1 unspecified atom stereocenters. The van der Waals surface area contributed by atoms with E-state index in [0.29, 0.717) is 6.04 Å². The van der Waals surface area contributed by atoms with Gasteiger partial charge in [0.25, 0.3) is 0 Å². The predicted octanol–water partition coefficient (Wildman–Crippen LogP) is 1.94. The number of benzene rings is 1. The van der Waals surface area contributed by atoms with Crippen molar-refractivity contribution in [3.05, 3.63) is 35.1 Å². The molecule has 0 radical (unpaired) electrons. The molecule has 1 aliphatic heterocycles. The van der Waals surface area contributed by atoms with E-state index < -0.39 is 0 Å². The van der Waals surface area contributed by atoms with Crippen molar-refractivity contribution in [1.82, 2.24) is 10.2 Å². The summed E-state index contributed by atoms with van der Waals surface area (Å²) in [7, 11) is 0. The van der Waals surface area contributed by atoms with Gasteiger partial charge in [0.2, 0.25) is 0 Å². The molecule has 2 rings (SSSR count). The highest BCUT2D eigenvalue weighted by atomic mass is 19.1. The summed E-state index contributed by atoms with van der Waals surface area (Å²) in [6, 6.07) is 5.39. The summed E-state index contributed by atoms with van der Waals surface area (Å²) in [4.78, 5) is 2.38. The van der Waals surface area contributed by atoms with Crippen LogP contribution in [0, 0.1) is 12.7 Å². The van der Waals surface area contributed by atoms with Crippen LogP contribution in [0.2, 0.25) is 0 Å². The lowest BCUT2D eigenvalue weighted by Crippen LogP contribution is -2.49. The molecule has 0 amide bonds. The first-order chi connectivity index (χ1) is 9.20. The third-order valence-corrected chi connectivity index (χ3v) is 3.66. The van der Waals surface area contributed by atoms with Gasteiger partial charge in [0, 0.05) is 25.7 Å². The van der Waals surface area contributed by atoms with E-state index in [1.165, 1.54) is 6.07 Å². The Morgan fingerprint density at radius 3 is 3.11 bits per heavy atom. The number of hydrogen-bond acceptors (Lipinski definition) is 3. The molecule has 106 valence electrons. The van der Waals surface area contributed by atoms with Crippen molar-refractivity contribution >= 4 is 0 Å². The van der Waals surface area contributed by atoms with Crippen LogP contribution in [0.5, 0.6) is 0 Å². The van der Waals surface area contributed by atoms with Gasteiger partial charge in [-0.05, 0) is 36.7 Å². The topological polar surface area (TPSA) is 24.5 Å². The van der Waals surface area contributed by atoms with Gasteiger partial charge in [-0.3, -0.25) is 4.90 Å². The van der Waals surface area contributed by atoms with Crippen LogP contribution < -0.4 is 5.32 Å². The largest absolute Gasteiger partial charge is 0.378 e. The first-order valence-electron chi connectivity index (χ1n) is 6.98. The molecule has 1 heterocycles. The zero-order valence-electron chi connectivity index (χ0n) is 11.8. The smallest absolute Gasteiger partial charge is 0.123 e. The lowest BCUT2D eigenvalue weighted by molar-refractivity contribution is -0.0108. The minimum atomic E-state index is -0.155. The van der Waals surface area contributed by atoms with Crippen LogP contribution in [0.1, 0.15) is 18.1 Å². The highest BCUT2D eigenvalue weighted by Crippen LogP contribution is 2.16. The number of likely N-dealkylation sites (N-methyl/N-ethyl adjacent to an activating group) is 1. The van der Waals surface area contributed by atoms with Crippen molar-refractivity contribution < 1.29 is 9.13 Å². The second kappa shape index (κ2) is 6.98. The highest BCUT2D eigenvalue weighted by molar-refractivity contribution is 5.26. The van der Waals surface area contributed by atoms with Gasteiger partial charge >= 0.3 is 0 Å². The fourth-order valence-corrected chi connectivity index (χ4v) is 2.43. The minimum Gasteiger partial charge on any atom is -0.378 e. The Morgan fingerprint density at radius 2 is 2.32 bits per heavy atom. The van der Waals surface area contributed by atoms with Gasteiger partial charge in [0.05, 0.1) is 13.2 Å². The van der Waals surface area contributed by atoms with E-state index in [-0.39, 0.29) is 5.82 Å². The Kier molecular flexibility index (Phi) is 5.31. The van der Waals surface area contributed by atoms with Gasteiger partial charge in [0.15, 0.2) is 0 Å². The number of hydrogen-bond donors (Lipinski definition) is 1. The summed E-state index contributed by atoms with van der Waals surface area (Å²) in [5.41, 5.74) is 2.22. The number of halogens is 1. The molecule has 0 saturated carbocycles. The minimum absolute atomic E-state index is 0.155. The van der Waals surface area contributed by atoms with Crippen molar-refractivity contribution in [2.75, 3.05) is 32.8 Å². The number of nitrogens with zero attached hydrogens (tertiary/aromatic N) is 1. The van der Waals surface area contributed by atoms with Crippen molar-refractivity contribution in [3.8, 4) is 0 Å². The van der Waals surface area contributed by atoms with Crippen LogP contribution in [-0.2, 0) is 11.3 Å². The third kappa shape index (κ3) is 4.00. The van der Waals surface area contributed by atoms with Crippen LogP contribution >= 0.6 is 0 Å². The molecular formula is C15H23FN2O. The lowest BCUT2D eigenvalue weighted by atomic mass is 10.1. The molecule has 1 aliphatic rings. The molecule has 1 aromatic rings. The molecule has 0 spiro atoms. The van der Waals surface area contributed by atoms with Crippen LogP contribution in [0.15, 0.2) is 18.2 Å². The maximum atomic E-state index is 13.3. The quantitative estimate of drug-likeness (QED) is 0.881. The van der Waals surface area contributed by atoms with Gasteiger partial charge in [-0.25, -0.2) is 4.39 Å². The monoisotopic (exact) mass is 266 g/mol. The zero-order chi connectivity index (χ0) is 13.7. The summed E-state index contributed by atoms with van der Waals surface area (Å²) in [5, 5.41) is 3.36. The second-order valence-corrected chi connectivity index (χ2v) is 5.08. The molecule has 0 aliphatic carbocycles. The first-order valence-corrected chi connectivity index (χ1v) is 6.98. The molecule has 1 fully saturated rings. The summed E-state index contributed by atoms with van der Waals surface area (Å²) in [6.45, 7) is 9.24. The molecule has 4 heteroatoms. The van der Waals surface area contributed by atoms with Crippen molar-refractivity contribution in [2.24, 2.45) is 0 Å². The van der Waals surface area contributed by atoms with Gasteiger partial charge in [0.1, 0.15) is 5.82 Å². The third-order valence-electron chi connectivity index (χ3n) is 3.66. The maximum Gasteiger partial charge on any atom is 0.123 e. The Labute approximate surface area is 114 Å². The molecular weight excluding hydrogens is 243 g/mol. The number of aryl methyl sites for hydroxylation is 1. The fourth-order valence-electron chi connectivity index (χ4n) is 2.43. The Bertz CT molecular complexity index is 411. The fraction of sp³-hybridized carbons (Fsp3) is 0.600. The van der Waals surface area contributed by atoms with Crippen LogP contribution in [-0.4, -0.2) is 43.8 Å². The first kappa shape index (κ1) is 14.4. The molecule has 1 N–H and O–H groups in total. The molecule has 1 saturated heterocycles. The van der Waals surface area contributed by atoms with Crippen molar-refractivity contribution in [2.45, 2.75) is 26.4 Å².